The van der Waals surface area contributed by atoms with E-state index in [4.69, 9.17) is 10.5 Å². The summed E-state index contributed by atoms with van der Waals surface area (Å²) in [5, 5.41) is 9.61. The van der Waals surface area contributed by atoms with Crippen LogP contribution in [0.2, 0.25) is 0 Å². The van der Waals surface area contributed by atoms with Crippen molar-refractivity contribution in [2.75, 3.05) is 0 Å². The van der Waals surface area contributed by atoms with Crippen LogP contribution in [0.5, 0.6) is 5.88 Å². The van der Waals surface area contributed by atoms with Crippen molar-refractivity contribution in [3.63, 3.8) is 0 Å². The molecule has 136 valence electrons. The molecule has 1 aliphatic rings. The van der Waals surface area contributed by atoms with E-state index in [9.17, 15) is 14.3 Å². The molecule has 5 nitrogen and oxygen atoms in total. The third kappa shape index (κ3) is 3.85. The summed E-state index contributed by atoms with van der Waals surface area (Å²) in [4.78, 5) is 14.8. The lowest BCUT2D eigenvalue weighted by Crippen LogP contribution is -2.32. The van der Waals surface area contributed by atoms with E-state index in [0.717, 1.165) is 19.3 Å². The van der Waals surface area contributed by atoms with Crippen LogP contribution in [0.15, 0.2) is 48.4 Å². The Bertz CT molecular complexity index is 810. The number of aryl methyl sites for hydroxylation is 1. The van der Waals surface area contributed by atoms with E-state index in [-0.39, 0.29) is 11.7 Å². The molecule has 1 saturated carbocycles. The number of hydrogen-bond donors (Lipinski definition) is 2. The number of aliphatic hydroxyl groups is 1. The van der Waals surface area contributed by atoms with Gasteiger partial charge in [-0.05, 0) is 42.4 Å². The number of aliphatic hydroxyl groups excluding tert-OH is 1. The maximum absolute atomic E-state index is 13.3. The van der Waals surface area contributed by atoms with Gasteiger partial charge in [0.2, 0.25) is 11.7 Å². The molecule has 0 saturated heterocycles. The van der Waals surface area contributed by atoms with Gasteiger partial charge in [0.15, 0.2) is 5.76 Å². The van der Waals surface area contributed by atoms with Crippen LogP contribution >= 0.6 is 0 Å². The maximum Gasteiger partial charge on any atom is 0.281 e. The molecule has 1 aliphatic carbocycles. The molecule has 26 heavy (non-hydrogen) atoms. The standard InChI is InChI=1S/C20H21FN2O3/c1-2-12-3-5-13(6-4-12)15-9-16(10-15)26-17-8-7-14(11-23-17)19(24)18(21)20(22)25/h3-8,11,15-16,24H,2,9-10H2,1H3,(H2,22,25)/b19-18+. The topological polar surface area (TPSA) is 85.4 Å². The van der Waals surface area contributed by atoms with E-state index in [1.807, 2.05) is 0 Å². The molecule has 1 fully saturated rings. The van der Waals surface area contributed by atoms with E-state index in [2.05, 4.69) is 36.2 Å². The Morgan fingerprint density at radius 3 is 2.50 bits per heavy atom. The van der Waals surface area contributed by atoms with Gasteiger partial charge in [-0.3, -0.25) is 4.79 Å². The number of halogens is 1. The molecular weight excluding hydrogens is 335 g/mol. The van der Waals surface area contributed by atoms with Gasteiger partial charge in [-0.15, -0.1) is 0 Å². The third-order valence-corrected chi connectivity index (χ3v) is 4.68. The highest BCUT2D eigenvalue weighted by molar-refractivity contribution is 5.96. The number of amides is 1. The number of hydrogen-bond acceptors (Lipinski definition) is 4. The molecular formula is C20H21FN2O3. The van der Waals surface area contributed by atoms with Crippen molar-refractivity contribution < 1.29 is 19.0 Å². The first-order valence-electron chi connectivity index (χ1n) is 8.58. The van der Waals surface area contributed by atoms with Crippen molar-refractivity contribution in [2.24, 2.45) is 5.73 Å². The van der Waals surface area contributed by atoms with Gasteiger partial charge >= 0.3 is 0 Å². The molecule has 2 aromatic rings. The summed E-state index contributed by atoms with van der Waals surface area (Å²) in [5.74, 6) is -2.66. The lowest BCUT2D eigenvalue weighted by molar-refractivity contribution is -0.115. The minimum atomic E-state index is -1.39. The largest absolute Gasteiger partial charge is 0.504 e. The van der Waals surface area contributed by atoms with Crippen molar-refractivity contribution in [2.45, 2.75) is 38.2 Å². The molecule has 0 bridgehead atoms. The van der Waals surface area contributed by atoms with Crippen molar-refractivity contribution in [3.05, 3.63) is 65.1 Å². The first-order chi connectivity index (χ1) is 12.5. The number of nitrogens with two attached hydrogens (primary N) is 1. The van der Waals surface area contributed by atoms with Crippen molar-refractivity contribution in [1.29, 1.82) is 0 Å². The highest BCUT2D eigenvalue weighted by Gasteiger charge is 2.32. The highest BCUT2D eigenvalue weighted by atomic mass is 19.1. The number of benzene rings is 1. The minimum absolute atomic E-state index is 0.0659. The number of aromatic nitrogens is 1. The summed E-state index contributed by atoms with van der Waals surface area (Å²) in [6.45, 7) is 2.14. The Labute approximate surface area is 151 Å². The van der Waals surface area contributed by atoms with Crippen LogP contribution in [0.4, 0.5) is 4.39 Å². The minimum Gasteiger partial charge on any atom is -0.504 e. The smallest absolute Gasteiger partial charge is 0.281 e. The summed E-state index contributed by atoms with van der Waals surface area (Å²) in [6, 6.07) is 11.6. The first-order valence-corrected chi connectivity index (χ1v) is 8.58. The lowest BCUT2D eigenvalue weighted by Gasteiger charge is -2.35. The average molecular weight is 356 g/mol. The fourth-order valence-electron chi connectivity index (χ4n) is 2.96. The number of ether oxygens (including phenoxy) is 1. The van der Waals surface area contributed by atoms with E-state index in [1.54, 1.807) is 0 Å². The molecule has 0 aliphatic heterocycles. The highest BCUT2D eigenvalue weighted by Crippen LogP contribution is 2.39. The molecule has 1 aromatic heterocycles. The number of carbonyl (C=O) groups excluding carboxylic acids is 1. The fourth-order valence-corrected chi connectivity index (χ4v) is 2.96. The summed E-state index contributed by atoms with van der Waals surface area (Å²) >= 11 is 0. The second-order valence-electron chi connectivity index (χ2n) is 6.42. The summed E-state index contributed by atoms with van der Waals surface area (Å²) in [7, 11) is 0. The van der Waals surface area contributed by atoms with Crippen molar-refractivity contribution >= 4 is 11.7 Å². The Balaban J connectivity index is 1.56. The van der Waals surface area contributed by atoms with Crippen LogP contribution in [0.25, 0.3) is 5.76 Å². The molecule has 0 radical (unpaired) electrons. The molecule has 0 atom stereocenters. The Kier molecular flexibility index (Phi) is 5.21. The number of carbonyl (C=O) groups is 1. The molecule has 6 heteroatoms. The Morgan fingerprint density at radius 1 is 1.27 bits per heavy atom. The van der Waals surface area contributed by atoms with Crippen LogP contribution in [0, 0.1) is 0 Å². The van der Waals surface area contributed by atoms with Crippen molar-refractivity contribution in [1.82, 2.24) is 4.98 Å². The van der Waals surface area contributed by atoms with Gasteiger partial charge < -0.3 is 15.6 Å². The molecule has 1 heterocycles. The monoisotopic (exact) mass is 356 g/mol. The first kappa shape index (κ1) is 17.9. The third-order valence-electron chi connectivity index (χ3n) is 4.68. The number of nitrogens with zero attached hydrogens (tertiary/aromatic N) is 1. The molecule has 0 spiro atoms. The van der Waals surface area contributed by atoms with E-state index < -0.39 is 17.5 Å². The van der Waals surface area contributed by atoms with Gasteiger partial charge in [0, 0.05) is 17.8 Å². The van der Waals surface area contributed by atoms with Gasteiger partial charge in [0.25, 0.3) is 5.91 Å². The van der Waals surface area contributed by atoms with Gasteiger partial charge in [-0.2, -0.15) is 4.39 Å². The molecule has 0 unspecified atom stereocenters. The number of pyridine rings is 1. The van der Waals surface area contributed by atoms with E-state index in [0.29, 0.717) is 11.8 Å². The van der Waals surface area contributed by atoms with Crippen LogP contribution in [-0.4, -0.2) is 22.1 Å². The fraction of sp³-hybridized carbons (Fsp3) is 0.300. The summed E-state index contributed by atoms with van der Waals surface area (Å²) in [5.41, 5.74) is 7.51. The summed E-state index contributed by atoms with van der Waals surface area (Å²) < 4.78 is 19.1. The zero-order valence-corrected chi connectivity index (χ0v) is 14.5. The van der Waals surface area contributed by atoms with Gasteiger partial charge in [0.1, 0.15) is 6.10 Å². The van der Waals surface area contributed by atoms with Crippen LogP contribution < -0.4 is 10.5 Å². The summed E-state index contributed by atoms with van der Waals surface area (Å²) in [6.07, 6.45) is 4.18. The second kappa shape index (κ2) is 7.56. The van der Waals surface area contributed by atoms with Gasteiger partial charge in [-0.1, -0.05) is 31.2 Å². The van der Waals surface area contributed by atoms with Gasteiger partial charge in [-0.25, -0.2) is 4.98 Å². The van der Waals surface area contributed by atoms with Gasteiger partial charge in [0.05, 0.1) is 0 Å². The molecule has 1 amide bonds. The molecule has 3 N–H and O–H groups in total. The zero-order valence-electron chi connectivity index (χ0n) is 14.5. The normalized spacial score (nSPS) is 20.1. The average Bonchev–Trinajstić information content (AvgIpc) is 2.63. The number of rotatable bonds is 6. The SMILES string of the molecule is CCc1ccc(C2CC(Oc3ccc(/C(O)=C(\F)C(N)=O)cn3)C2)cc1. The van der Waals surface area contributed by atoms with E-state index >= 15 is 0 Å². The lowest BCUT2D eigenvalue weighted by atomic mass is 9.77. The zero-order chi connectivity index (χ0) is 18.7. The predicted molar refractivity (Wildman–Crippen MR) is 96.3 cm³/mol. The number of primary amides is 1. The van der Waals surface area contributed by atoms with Crippen molar-refractivity contribution in [3.8, 4) is 5.88 Å². The Hall–Kier alpha value is -2.89. The quantitative estimate of drug-likeness (QED) is 0.611. The van der Waals surface area contributed by atoms with Crippen LogP contribution in [0.3, 0.4) is 0 Å². The molecule has 3 rings (SSSR count). The van der Waals surface area contributed by atoms with Crippen LogP contribution in [0.1, 0.15) is 42.4 Å². The Morgan fingerprint density at radius 2 is 1.96 bits per heavy atom. The van der Waals surface area contributed by atoms with E-state index in [1.165, 1.54) is 29.5 Å². The predicted octanol–water partition coefficient (Wildman–Crippen LogP) is 3.65. The maximum atomic E-state index is 13.3. The van der Waals surface area contributed by atoms with Crippen LogP contribution in [-0.2, 0) is 11.2 Å². The second-order valence-corrected chi connectivity index (χ2v) is 6.42. The molecule has 1 aromatic carbocycles.